The van der Waals surface area contributed by atoms with Crippen LogP contribution in [-0.2, 0) is 23.8 Å². The van der Waals surface area contributed by atoms with Crippen LogP contribution < -0.4 is 0 Å². The number of hydrogen-bond acceptors (Lipinski definition) is 5. The maximum atomic E-state index is 5.15. The van der Waals surface area contributed by atoms with Gasteiger partial charge in [-0.2, -0.15) is 0 Å². The van der Waals surface area contributed by atoms with Crippen LogP contribution in [-0.4, -0.2) is 27.8 Å². The minimum absolute atomic E-state index is 0.382. The molecule has 0 bridgehead atoms. The summed E-state index contributed by atoms with van der Waals surface area (Å²) in [6.45, 7) is 44.0. The van der Waals surface area contributed by atoms with Crippen LogP contribution in [0.4, 0.5) is 22.7 Å². The standard InChI is InChI=1S/C33H43N3.C28H40N2.2BrH.2ClH.Co.Ni/c1-20(2)26-14-11-15-27(21(3)4)32(26)34-24(9)30-18-13-19-31(36-30)25(10)35-33-28(22(5)6)16-12-17-29(33)23(7)8;1-17(2)23-13-11-14-24(18(3)4)27(23)29-21(9)22(10)30-28-25(19(5)6)15-12-16-26(28)20(7)8;;;;;;/h11-23H,1-10H3;11-20H,1-10H3;4*1H;;/q;;;;;;2*+2/p-4. The van der Waals surface area contributed by atoms with Crippen molar-refractivity contribution in [1.82, 2.24) is 4.98 Å². The van der Waals surface area contributed by atoms with E-state index in [0.29, 0.717) is 60.2 Å². The van der Waals surface area contributed by atoms with Crippen molar-refractivity contribution in [2.75, 3.05) is 0 Å². The van der Waals surface area contributed by atoms with Gasteiger partial charge in [0.1, 0.15) is 0 Å². The molecule has 5 nitrogen and oxygen atoms in total. The second kappa shape index (κ2) is 32.6. The molecule has 0 spiro atoms. The molecule has 4 aromatic carbocycles. The van der Waals surface area contributed by atoms with Crippen molar-refractivity contribution in [2.45, 2.75) is 186 Å². The fraction of sp³-hybridized carbons (Fsp3) is 0.459. The first-order chi connectivity index (χ1) is 33.9. The van der Waals surface area contributed by atoms with Crippen LogP contribution in [0, 0.1) is 0 Å². The molecule has 0 N–H and O–H groups in total. The Morgan fingerprint density at radius 3 is 0.722 bits per heavy atom. The summed E-state index contributed by atoms with van der Waals surface area (Å²) in [6, 6.07) is 32.4. The van der Waals surface area contributed by atoms with E-state index in [1.807, 2.05) is 12.1 Å². The van der Waals surface area contributed by atoms with Crippen molar-refractivity contribution in [2.24, 2.45) is 20.0 Å². The van der Waals surface area contributed by atoms with Crippen molar-refractivity contribution in [3.63, 3.8) is 0 Å². The Kier molecular flexibility index (Phi) is 29.6. The Labute approximate surface area is 471 Å². The van der Waals surface area contributed by atoms with E-state index < -0.39 is 0 Å². The van der Waals surface area contributed by atoms with E-state index in [0.717, 1.165) is 57.0 Å². The number of nitrogens with zero attached hydrogens (tertiary/aromatic N) is 5. The van der Waals surface area contributed by atoms with Gasteiger partial charge in [-0.25, -0.2) is 4.98 Å². The minimum atomic E-state index is 0.382. The third kappa shape index (κ3) is 19.4. The number of aromatic nitrogens is 1. The molecular formula is C61H83Br2Cl2CoN5Ni. The van der Waals surface area contributed by atoms with Crippen LogP contribution in [0.5, 0.6) is 0 Å². The molecule has 0 amide bonds. The molecule has 0 radical (unpaired) electrons. The van der Waals surface area contributed by atoms with Gasteiger partial charge in [0, 0.05) is 0 Å². The third-order valence-electron chi connectivity index (χ3n) is 12.5. The van der Waals surface area contributed by atoms with Gasteiger partial charge in [0.15, 0.2) is 0 Å². The van der Waals surface area contributed by atoms with Gasteiger partial charge in [-0.3, -0.25) is 20.0 Å². The summed E-state index contributed by atoms with van der Waals surface area (Å²) < 4.78 is 0. The van der Waals surface area contributed by atoms with E-state index in [2.05, 4.69) is 246 Å². The number of rotatable bonds is 15. The van der Waals surface area contributed by atoms with E-state index in [1.54, 1.807) is 0 Å². The molecule has 11 heteroatoms. The topological polar surface area (TPSA) is 62.3 Å². The second-order valence-corrected chi connectivity index (χ2v) is 27.4. The molecule has 0 unspecified atom stereocenters. The molecule has 1 heterocycles. The average molecular weight is 1230 g/mol. The molecule has 1 aromatic heterocycles. The number of aliphatic imine (C=N–C) groups is 4. The number of benzene rings is 4. The summed E-state index contributed by atoms with van der Waals surface area (Å²) in [7, 11) is 10.7. The SMILES string of the molecule is CC(=Nc1c(C(C)C)cccc1C(C)C)C(C)=Nc1c(C(C)C)cccc1C(C)C.CC(=Nc1c(C(C)C)cccc1C(C)C)c1cccc(C(C)=Nc2c(C(C)C)cccc2C(C)C)n1.[Br][Ni][Br].[Cl][Co][Cl]. The molecule has 0 saturated heterocycles. The number of pyridine rings is 1. The summed E-state index contributed by atoms with van der Waals surface area (Å²) in [4.78, 5) is 25.6. The molecule has 5 aromatic rings. The Morgan fingerprint density at radius 1 is 0.375 bits per heavy atom. The first kappa shape index (κ1) is 65.4. The molecule has 0 fully saturated rings. The molecule has 72 heavy (non-hydrogen) atoms. The van der Waals surface area contributed by atoms with Crippen molar-refractivity contribution in [3.05, 3.63) is 147 Å². The van der Waals surface area contributed by atoms with Gasteiger partial charge in [0.25, 0.3) is 0 Å². The zero-order chi connectivity index (χ0) is 54.6. The van der Waals surface area contributed by atoms with E-state index in [4.69, 9.17) is 45.2 Å². The van der Waals surface area contributed by atoms with Crippen LogP contribution in [0.3, 0.4) is 0 Å². The molecule has 0 aliphatic rings. The molecule has 0 saturated carbocycles. The van der Waals surface area contributed by atoms with E-state index in [9.17, 15) is 0 Å². The van der Waals surface area contributed by atoms with Crippen LogP contribution in [0.25, 0.3) is 0 Å². The Balaban J connectivity index is 0.000000451. The van der Waals surface area contributed by atoms with Crippen LogP contribution in [0.1, 0.15) is 242 Å². The summed E-state index contributed by atoms with van der Waals surface area (Å²) in [5, 5.41) is 0. The van der Waals surface area contributed by atoms with Gasteiger partial charge in [0.2, 0.25) is 0 Å². The maximum absolute atomic E-state index is 5.15. The molecule has 0 atom stereocenters. The number of para-hydroxylation sites is 4. The van der Waals surface area contributed by atoms with Crippen molar-refractivity contribution in [3.8, 4) is 0 Å². The summed E-state index contributed by atoms with van der Waals surface area (Å²) in [6.07, 6.45) is 0. The zero-order valence-corrected chi connectivity index (χ0v) is 53.4. The molecular weight excluding hydrogens is 1150 g/mol. The van der Waals surface area contributed by atoms with Crippen molar-refractivity contribution in [1.29, 1.82) is 0 Å². The quantitative estimate of drug-likeness (QED) is 0.0761. The molecule has 0 aliphatic carbocycles. The van der Waals surface area contributed by atoms with E-state index >= 15 is 0 Å². The normalized spacial score (nSPS) is 12.6. The third-order valence-corrected chi connectivity index (χ3v) is 12.5. The fourth-order valence-corrected chi connectivity index (χ4v) is 8.35. The van der Waals surface area contributed by atoms with Gasteiger partial charge in [0.05, 0.1) is 57.0 Å². The first-order valence-corrected chi connectivity index (χ1v) is 33.0. The first-order valence-electron chi connectivity index (χ1n) is 25.2. The monoisotopic (exact) mass is 1230 g/mol. The second-order valence-electron chi connectivity index (χ2n) is 20.7. The van der Waals surface area contributed by atoms with E-state index in [1.165, 1.54) is 55.4 Å². The Bertz CT molecular complexity index is 2330. The summed E-state index contributed by atoms with van der Waals surface area (Å²) in [5.41, 5.74) is 20.3. The molecule has 0 aliphatic heterocycles. The van der Waals surface area contributed by atoms with Crippen molar-refractivity contribution < 1.29 is 23.8 Å². The fourth-order valence-electron chi connectivity index (χ4n) is 8.35. The summed E-state index contributed by atoms with van der Waals surface area (Å²) in [5.74, 6) is 3.34. The number of halogens is 4. The van der Waals surface area contributed by atoms with Gasteiger partial charge in [-0.15, -0.1) is 0 Å². The average Bonchev–Trinajstić information content (AvgIpc) is 3.31. The predicted molar refractivity (Wildman–Crippen MR) is 322 cm³/mol. The Morgan fingerprint density at radius 2 is 0.542 bits per heavy atom. The van der Waals surface area contributed by atoms with Gasteiger partial charge in [-0.1, -0.05) is 190 Å². The van der Waals surface area contributed by atoms with Crippen LogP contribution in [0.15, 0.2) is 111 Å². The Hall–Kier alpha value is -2.75. The van der Waals surface area contributed by atoms with Crippen LogP contribution >= 0.6 is 48.7 Å². The predicted octanol–water partition coefficient (Wildman–Crippen LogP) is 22.0. The van der Waals surface area contributed by atoms with E-state index in [-0.39, 0.29) is 0 Å². The van der Waals surface area contributed by atoms with Gasteiger partial charge < -0.3 is 0 Å². The molecule has 399 valence electrons. The zero-order valence-electron chi connectivity index (χ0n) is 46.7. The molecule has 5 rings (SSSR count). The van der Waals surface area contributed by atoms with Gasteiger partial charge in [-0.05, 0) is 132 Å². The van der Waals surface area contributed by atoms with Crippen molar-refractivity contribution >= 4 is 94.3 Å². The number of hydrogen-bond donors (Lipinski definition) is 0. The van der Waals surface area contributed by atoms with Crippen LogP contribution in [0.2, 0.25) is 0 Å². The summed E-state index contributed by atoms with van der Waals surface area (Å²) >= 11 is 6.38. The van der Waals surface area contributed by atoms with Gasteiger partial charge >= 0.3 is 72.5 Å².